The Morgan fingerprint density at radius 2 is 1.92 bits per heavy atom. The van der Waals surface area contributed by atoms with E-state index in [1.54, 1.807) is 22.7 Å². The number of hydrogen-bond donors (Lipinski definition) is 0. The summed E-state index contributed by atoms with van der Waals surface area (Å²) in [5.41, 5.74) is 0.486. The lowest BCUT2D eigenvalue weighted by Crippen LogP contribution is -2.46. The Morgan fingerprint density at radius 3 is 2.48 bits per heavy atom. The molecule has 7 nitrogen and oxygen atoms in total. The van der Waals surface area contributed by atoms with Crippen LogP contribution in [-0.4, -0.2) is 56.2 Å². The zero-order valence-electron chi connectivity index (χ0n) is 15.8. The van der Waals surface area contributed by atoms with Crippen LogP contribution in [-0.2, 0) is 11.3 Å². The zero-order valence-corrected chi connectivity index (χ0v) is 15.8. The van der Waals surface area contributed by atoms with Crippen molar-refractivity contribution < 1.29 is 14.3 Å². The monoisotopic (exact) mass is 348 g/mol. The molecule has 0 bridgehead atoms. The van der Waals surface area contributed by atoms with E-state index < -0.39 is 5.60 Å². The number of imidazole rings is 1. The van der Waals surface area contributed by atoms with E-state index in [2.05, 4.69) is 4.98 Å². The Labute approximate surface area is 148 Å². The summed E-state index contributed by atoms with van der Waals surface area (Å²) < 4.78 is 7.16. The highest BCUT2D eigenvalue weighted by atomic mass is 16.6. The van der Waals surface area contributed by atoms with Crippen molar-refractivity contribution in [3.05, 3.63) is 17.7 Å². The van der Waals surface area contributed by atoms with Crippen molar-refractivity contribution in [2.75, 3.05) is 7.05 Å². The van der Waals surface area contributed by atoms with Crippen LogP contribution in [0.3, 0.4) is 0 Å². The minimum absolute atomic E-state index is 0.0361. The Balaban J connectivity index is 1.56. The average Bonchev–Trinajstić information content (AvgIpc) is 3.06. The van der Waals surface area contributed by atoms with Gasteiger partial charge in [0.05, 0.1) is 18.4 Å². The van der Waals surface area contributed by atoms with E-state index in [0.717, 1.165) is 37.2 Å². The van der Waals surface area contributed by atoms with Gasteiger partial charge in [-0.25, -0.2) is 14.6 Å². The zero-order chi connectivity index (χ0) is 18.4. The number of ether oxygens (including phenoxy) is 1. The molecule has 25 heavy (non-hydrogen) atoms. The fourth-order valence-corrected chi connectivity index (χ4v) is 3.76. The van der Waals surface area contributed by atoms with Gasteiger partial charge in [0.15, 0.2) is 0 Å². The van der Waals surface area contributed by atoms with E-state index in [1.165, 1.54) is 0 Å². The standard InChI is InChI=1S/C18H28N4O3/c1-12-19-10-15-11-21(16(23)22(12)15)14-8-6-13(7-9-14)20(5)17(24)25-18(2,3)4/h10,13-14H,6-9,11H2,1-5H3. The summed E-state index contributed by atoms with van der Waals surface area (Å²) in [5, 5.41) is 0. The quantitative estimate of drug-likeness (QED) is 0.823. The molecule has 138 valence electrons. The van der Waals surface area contributed by atoms with Crippen LogP contribution >= 0.6 is 0 Å². The molecule has 0 saturated heterocycles. The Bertz CT molecular complexity index is 668. The molecule has 0 N–H and O–H groups in total. The second kappa shape index (κ2) is 6.35. The normalized spacial score (nSPS) is 23.6. The molecule has 1 aliphatic carbocycles. The van der Waals surface area contributed by atoms with Crippen LogP contribution in [0.2, 0.25) is 0 Å². The highest BCUT2D eigenvalue weighted by Gasteiger charge is 2.37. The topological polar surface area (TPSA) is 67.7 Å². The van der Waals surface area contributed by atoms with Gasteiger partial charge in [0.2, 0.25) is 0 Å². The Hall–Kier alpha value is -2.05. The molecule has 0 unspecified atom stereocenters. The second-order valence-corrected chi connectivity index (χ2v) is 8.10. The third kappa shape index (κ3) is 3.50. The molecule has 1 saturated carbocycles. The van der Waals surface area contributed by atoms with E-state index in [4.69, 9.17) is 4.74 Å². The van der Waals surface area contributed by atoms with Crippen molar-refractivity contribution >= 4 is 12.1 Å². The van der Waals surface area contributed by atoms with Crippen molar-refractivity contribution in [3.63, 3.8) is 0 Å². The molecule has 0 spiro atoms. The highest BCUT2D eigenvalue weighted by molar-refractivity contribution is 5.81. The van der Waals surface area contributed by atoms with Crippen LogP contribution in [0.1, 0.15) is 58.0 Å². The van der Waals surface area contributed by atoms with Gasteiger partial charge in [0.25, 0.3) is 0 Å². The summed E-state index contributed by atoms with van der Waals surface area (Å²) in [7, 11) is 1.81. The molecule has 0 atom stereocenters. The molecule has 2 aliphatic rings. The van der Waals surface area contributed by atoms with Crippen LogP contribution < -0.4 is 0 Å². The van der Waals surface area contributed by atoms with E-state index in [9.17, 15) is 9.59 Å². The van der Waals surface area contributed by atoms with E-state index >= 15 is 0 Å². The van der Waals surface area contributed by atoms with Crippen molar-refractivity contribution in [1.29, 1.82) is 0 Å². The molecule has 2 heterocycles. The van der Waals surface area contributed by atoms with Crippen LogP contribution in [0.4, 0.5) is 9.59 Å². The minimum Gasteiger partial charge on any atom is -0.444 e. The molecule has 1 aromatic rings. The lowest BCUT2D eigenvalue weighted by Gasteiger charge is -2.38. The first-order valence-corrected chi connectivity index (χ1v) is 8.97. The van der Waals surface area contributed by atoms with Crippen molar-refractivity contribution in [2.24, 2.45) is 0 Å². The number of carbonyl (C=O) groups is 2. The molecule has 7 heteroatoms. The molecule has 1 fully saturated rings. The van der Waals surface area contributed by atoms with E-state index in [1.807, 2.05) is 32.6 Å². The van der Waals surface area contributed by atoms with Crippen molar-refractivity contribution in [3.8, 4) is 0 Å². The SMILES string of the molecule is Cc1ncc2n1C(=O)N(C1CCC(N(C)C(=O)OC(C)(C)C)CC1)C2. The van der Waals surface area contributed by atoms with Crippen LogP contribution in [0.15, 0.2) is 6.20 Å². The fourth-order valence-electron chi connectivity index (χ4n) is 3.76. The van der Waals surface area contributed by atoms with Crippen molar-refractivity contribution in [1.82, 2.24) is 19.4 Å². The third-order valence-electron chi connectivity index (χ3n) is 5.12. The van der Waals surface area contributed by atoms with Gasteiger partial charge in [-0.1, -0.05) is 0 Å². The molecule has 1 aliphatic heterocycles. The van der Waals surface area contributed by atoms with Crippen LogP contribution in [0.25, 0.3) is 0 Å². The third-order valence-corrected chi connectivity index (χ3v) is 5.12. The number of aryl methyl sites for hydroxylation is 1. The Morgan fingerprint density at radius 1 is 1.28 bits per heavy atom. The summed E-state index contributed by atoms with van der Waals surface area (Å²) in [6.45, 7) is 8.12. The first-order chi connectivity index (χ1) is 11.7. The van der Waals surface area contributed by atoms with Gasteiger partial charge in [-0.05, 0) is 53.4 Å². The molecular weight excluding hydrogens is 320 g/mol. The van der Waals surface area contributed by atoms with Crippen LogP contribution in [0.5, 0.6) is 0 Å². The number of rotatable bonds is 2. The number of hydrogen-bond acceptors (Lipinski definition) is 4. The first kappa shape index (κ1) is 17.8. The number of amides is 2. The average molecular weight is 348 g/mol. The molecule has 0 radical (unpaired) electrons. The van der Waals surface area contributed by atoms with Gasteiger partial charge >= 0.3 is 12.1 Å². The van der Waals surface area contributed by atoms with Gasteiger partial charge in [0, 0.05) is 19.1 Å². The summed E-state index contributed by atoms with van der Waals surface area (Å²) in [4.78, 5) is 32.7. The predicted molar refractivity (Wildman–Crippen MR) is 93.3 cm³/mol. The molecule has 1 aromatic heterocycles. The van der Waals surface area contributed by atoms with Gasteiger partial charge in [-0.15, -0.1) is 0 Å². The van der Waals surface area contributed by atoms with E-state index in [0.29, 0.717) is 6.54 Å². The van der Waals surface area contributed by atoms with Crippen molar-refractivity contribution in [2.45, 2.75) is 77.6 Å². The lowest BCUT2D eigenvalue weighted by atomic mass is 9.89. The number of nitrogens with zero attached hydrogens (tertiary/aromatic N) is 4. The predicted octanol–water partition coefficient (Wildman–Crippen LogP) is 3.15. The maximum absolute atomic E-state index is 12.6. The molecule has 0 aromatic carbocycles. The molecule has 3 rings (SSSR count). The number of carbonyl (C=O) groups excluding carboxylic acids is 2. The fraction of sp³-hybridized carbons (Fsp3) is 0.722. The van der Waals surface area contributed by atoms with Gasteiger partial charge < -0.3 is 14.5 Å². The highest BCUT2D eigenvalue weighted by Crippen LogP contribution is 2.31. The Kier molecular flexibility index (Phi) is 4.51. The van der Waals surface area contributed by atoms with E-state index in [-0.39, 0.29) is 24.2 Å². The number of fused-ring (bicyclic) bond motifs is 1. The summed E-state index contributed by atoms with van der Waals surface area (Å²) in [6.07, 6.45) is 5.09. The van der Waals surface area contributed by atoms with Gasteiger partial charge in [0.1, 0.15) is 11.4 Å². The summed E-state index contributed by atoms with van der Waals surface area (Å²) in [6, 6.07) is 0.440. The summed E-state index contributed by atoms with van der Waals surface area (Å²) >= 11 is 0. The maximum atomic E-state index is 12.6. The van der Waals surface area contributed by atoms with Crippen LogP contribution in [0, 0.1) is 6.92 Å². The lowest BCUT2D eigenvalue weighted by molar-refractivity contribution is 0.0161. The molecule has 2 amide bonds. The smallest absolute Gasteiger partial charge is 0.410 e. The minimum atomic E-state index is -0.482. The molecular formula is C18H28N4O3. The van der Waals surface area contributed by atoms with Gasteiger partial charge in [-0.3, -0.25) is 4.57 Å². The number of aromatic nitrogens is 2. The second-order valence-electron chi connectivity index (χ2n) is 8.10. The first-order valence-electron chi connectivity index (χ1n) is 8.97. The van der Waals surface area contributed by atoms with Gasteiger partial charge in [-0.2, -0.15) is 0 Å². The largest absolute Gasteiger partial charge is 0.444 e. The summed E-state index contributed by atoms with van der Waals surface area (Å²) in [5.74, 6) is 0.751. The maximum Gasteiger partial charge on any atom is 0.410 e.